The number of methoxy groups -OCH3 is 1. The molecule has 2 N–H and O–H groups in total. The average Bonchev–Trinajstić information content (AvgIpc) is 2.51. The van der Waals surface area contributed by atoms with Crippen LogP contribution in [0.4, 0.5) is 0 Å². The van der Waals surface area contributed by atoms with E-state index in [1.807, 2.05) is 25.1 Å². The second-order valence-corrected chi connectivity index (χ2v) is 5.11. The molecule has 5 nitrogen and oxygen atoms in total. The van der Waals surface area contributed by atoms with Crippen LogP contribution in [0.2, 0.25) is 5.02 Å². The van der Waals surface area contributed by atoms with Crippen LogP contribution in [0, 0.1) is 0 Å². The van der Waals surface area contributed by atoms with E-state index in [4.69, 9.17) is 21.1 Å². The molecule has 22 heavy (non-hydrogen) atoms. The highest BCUT2D eigenvalue weighted by Gasteiger charge is 1.98. The molecule has 0 saturated carbocycles. The molecule has 0 unspecified atom stereocenters. The molecular formula is C16H26ClN3O2. The molecule has 0 aromatic heterocycles. The molecule has 0 atom stereocenters. The summed E-state index contributed by atoms with van der Waals surface area (Å²) in [6.07, 6.45) is 0.898. The molecule has 0 amide bonds. The van der Waals surface area contributed by atoms with Gasteiger partial charge in [0.05, 0.1) is 26.4 Å². The lowest BCUT2D eigenvalue weighted by Gasteiger charge is -2.11. The van der Waals surface area contributed by atoms with Crippen molar-refractivity contribution in [1.29, 1.82) is 0 Å². The summed E-state index contributed by atoms with van der Waals surface area (Å²) in [5.41, 5.74) is 1.21. The van der Waals surface area contributed by atoms with Crippen LogP contribution in [0.3, 0.4) is 0 Å². The van der Waals surface area contributed by atoms with Crippen molar-refractivity contribution >= 4 is 17.6 Å². The summed E-state index contributed by atoms with van der Waals surface area (Å²) >= 11 is 5.98. The minimum atomic E-state index is 0.591. The lowest BCUT2D eigenvalue weighted by Crippen LogP contribution is -2.38. The fourth-order valence-electron chi connectivity index (χ4n) is 1.83. The Hall–Kier alpha value is -1.30. The van der Waals surface area contributed by atoms with Crippen molar-refractivity contribution < 1.29 is 9.47 Å². The summed E-state index contributed by atoms with van der Waals surface area (Å²) in [5.74, 6) is 0.805. The average molecular weight is 328 g/mol. The van der Waals surface area contributed by atoms with Gasteiger partial charge in [-0.05, 0) is 31.0 Å². The number of halogens is 1. The Bertz CT molecular complexity index is 441. The van der Waals surface area contributed by atoms with Crippen LogP contribution < -0.4 is 10.6 Å². The summed E-state index contributed by atoms with van der Waals surface area (Å²) in [7, 11) is 1.66. The molecule has 0 aliphatic heterocycles. The van der Waals surface area contributed by atoms with Crippen LogP contribution in [-0.4, -0.2) is 52.5 Å². The summed E-state index contributed by atoms with van der Waals surface area (Å²) < 4.78 is 10.3. The maximum Gasteiger partial charge on any atom is 0.191 e. The van der Waals surface area contributed by atoms with E-state index >= 15 is 0 Å². The SMILES string of the molecule is CCNC(=NCCOCCOC)NCCc1cccc(Cl)c1. The van der Waals surface area contributed by atoms with Gasteiger partial charge in [-0.15, -0.1) is 0 Å². The number of hydrogen-bond donors (Lipinski definition) is 2. The Morgan fingerprint density at radius 3 is 2.82 bits per heavy atom. The predicted octanol–water partition coefficient (Wildman–Crippen LogP) is 2.10. The molecule has 0 aliphatic rings. The summed E-state index contributed by atoms with van der Waals surface area (Å²) in [6, 6.07) is 7.90. The molecule has 1 rings (SSSR count). The van der Waals surface area contributed by atoms with E-state index in [1.165, 1.54) is 5.56 Å². The number of hydrogen-bond acceptors (Lipinski definition) is 3. The van der Waals surface area contributed by atoms with Gasteiger partial charge in [0.2, 0.25) is 0 Å². The van der Waals surface area contributed by atoms with E-state index in [1.54, 1.807) is 7.11 Å². The first-order chi connectivity index (χ1) is 10.8. The molecule has 0 radical (unpaired) electrons. The molecule has 0 aliphatic carbocycles. The lowest BCUT2D eigenvalue weighted by atomic mass is 10.1. The zero-order valence-corrected chi connectivity index (χ0v) is 14.2. The van der Waals surface area contributed by atoms with E-state index in [0.29, 0.717) is 26.4 Å². The molecule has 1 aromatic rings. The number of nitrogens with zero attached hydrogens (tertiary/aromatic N) is 1. The number of nitrogens with one attached hydrogen (secondary N) is 2. The van der Waals surface area contributed by atoms with Gasteiger partial charge < -0.3 is 20.1 Å². The Morgan fingerprint density at radius 1 is 1.23 bits per heavy atom. The third kappa shape index (κ3) is 8.87. The quantitative estimate of drug-likeness (QED) is 0.392. The summed E-state index contributed by atoms with van der Waals surface area (Å²) in [4.78, 5) is 4.46. The van der Waals surface area contributed by atoms with E-state index < -0.39 is 0 Å². The Kier molecular flexibility index (Phi) is 10.5. The second-order valence-electron chi connectivity index (χ2n) is 4.67. The smallest absolute Gasteiger partial charge is 0.191 e. The molecule has 0 spiro atoms. The van der Waals surface area contributed by atoms with Crippen LogP contribution in [0.1, 0.15) is 12.5 Å². The maximum absolute atomic E-state index is 5.98. The Labute approximate surface area is 138 Å². The third-order valence-electron chi connectivity index (χ3n) is 2.88. The van der Waals surface area contributed by atoms with Gasteiger partial charge in [-0.2, -0.15) is 0 Å². The van der Waals surface area contributed by atoms with Gasteiger partial charge in [0.15, 0.2) is 5.96 Å². The third-order valence-corrected chi connectivity index (χ3v) is 3.11. The van der Waals surface area contributed by atoms with Crippen LogP contribution in [0.5, 0.6) is 0 Å². The van der Waals surface area contributed by atoms with Crippen LogP contribution >= 0.6 is 11.6 Å². The second kappa shape index (κ2) is 12.3. The summed E-state index contributed by atoms with van der Waals surface area (Å²) in [6.45, 7) is 6.10. The van der Waals surface area contributed by atoms with Gasteiger partial charge in [0.25, 0.3) is 0 Å². The van der Waals surface area contributed by atoms with Crippen molar-refractivity contribution in [3.05, 3.63) is 34.9 Å². The van der Waals surface area contributed by atoms with E-state index in [-0.39, 0.29) is 0 Å². The molecule has 1 aromatic carbocycles. The van der Waals surface area contributed by atoms with Crippen molar-refractivity contribution in [2.45, 2.75) is 13.3 Å². The van der Waals surface area contributed by atoms with Crippen molar-refractivity contribution in [3.8, 4) is 0 Å². The molecule has 0 fully saturated rings. The van der Waals surface area contributed by atoms with Crippen molar-refractivity contribution in [2.24, 2.45) is 4.99 Å². The van der Waals surface area contributed by atoms with Crippen molar-refractivity contribution in [3.63, 3.8) is 0 Å². The fourth-order valence-corrected chi connectivity index (χ4v) is 2.04. The van der Waals surface area contributed by atoms with Crippen LogP contribution in [-0.2, 0) is 15.9 Å². The first-order valence-electron chi connectivity index (χ1n) is 7.59. The maximum atomic E-state index is 5.98. The Balaban J connectivity index is 2.27. The minimum absolute atomic E-state index is 0.591. The summed E-state index contributed by atoms with van der Waals surface area (Å²) in [5, 5.41) is 7.29. The van der Waals surface area contributed by atoms with Gasteiger partial charge >= 0.3 is 0 Å². The van der Waals surface area contributed by atoms with Gasteiger partial charge in [-0.1, -0.05) is 23.7 Å². The molecule has 124 valence electrons. The highest BCUT2D eigenvalue weighted by molar-refractivity contribution is 6.30. The number of benzene rings is 1. The van der Waals surface area contributed by atoms with Crippen LogP contribution in [0.15, 0.2) is 29.3 Å². The molecule has 0 bridgehead atoms. The van der Waals surface area contributed by atoms with E-state index in [0.717, 1.165) is 30.5 Å². The minimum Gasteiger partial charge on any atom is -0.382 e. The standard InChI is InChI=1S/C16H26ClN3O2/c1-3-18-16(20-9-10-22-12-11-21-2)19-8-7-14-5-4-6-15(17)13-14/h4-6,13H,3,7-12H2,1-2H3,(H2,18,19,20). The van der Waals surface area contributed by atoms with E-state index in [2.05, 4.69) is 21.7 Å². The van der Waals surface area contributed by atoms with Gasteiger partial charge in [0, 0.05) is 25.2 Å². The monoisotopic (exact) mass is 327 g/mol. The lowest BCUT2D eigenvalue weighted by molar-refractivity contribution is 0.0748. The van der Waals surface area contributed by atoms with Crippen molar-refractivity contribution in [2.75, 3.05) is 46.6 Å². The normalized spacial score (nSPS) is 11.5. The van der Waals surface area contributed by atoms with Crippen molar-refractivity contribution in [1.82, 2.24) is 10.6 Å². The fraction of sp³-hybridized carbons (Fsp3) is 0.562. The number of aliphatic imine (C=N–C) groups is 1. The molecular weight excluding hydrogens is 302 g/mol. The van der Waals surface area contributed by atoms with E-state index in [9.17, 15) is 0 Å². The first kappa shape index (κ1) is 18.7. The highest BCUT2D eigenvalue weighted by atomic mass is 35.5. The molecule has 6 heteroatoms. The number of ether oxygens (including phenoxy) is 2. The first-order valence-corrected chi connectivity index (χ1v) is 7.97. The van der Waals surface area contributed by atoms with Crippen LogP contribution in [0.25, 0.3) is 0 Å². The van der Waals surface area contributed by atoms with Gasteiger partial charge in [-0.25, -0.2) is 0 Å². The number of rotatable bonds is 10. The van der Waals surface area contributed by atoms with Gasteiger partial charge in [-0.3, -0.25) is 4.99 Å². The largest absolute Gasteiger partial charge is 0.382 e. The highest BCUT2D eigenvalue weighted by Crippen LogP contribution is 2.10. The Morgan fingerprint density at radius 2 is 2.09 bits per heavy atom. The zero-order chi connectivity index (χ0) is 16.0. The predicted molar refractivity (Wildman–Crippen MR) is 91.8 cm³/mol. The number of guanidine groups is 1. The van der Waals surface area contributed by atoms with Gasteiger partial charge in [0.1, 0.15) is 0 Å². The molecule has 0 heterocycles. The zero-order valence-electron chi connectivity index (χ0n) is 13.4. The topological polar surface area (TPSA) is 54.9 Å². The molecule has 0 saturated heterocycles.